The first-order valence-electron chi connectivity index (χ1n) is 9.10. The fourth-order valence-electron chi connectivity index (χ4n) is 3.18. The van der Waals surface area contributed by atoms with E-state index in [4.69, 9.17) is 9.26 Å². The molecule has 0 radical (unpaired) electrons. The Morgan fingerprint density at radius 1 is 1.19 bits per heavy atom. The molecule has 0 amide bonds. The van der Waals surface area contributed by atoms with Crippen molar-refractivity contribution >= 4 is 0 Å². The predicted molar refractivity (Wildman–Crippen MR) is 96.6 cm³/mol. The van der Waals surface area contributed by atoms with Crippen LogP contribution in [0.15, 0.2) is 22.7 Å². The Morgan fingerprint density at radius 2 is 1.92 bits per heavy atom. The second kappa shape index (κ2) is 8.14. The highest BCUT2D eigenvalue weighted by molar-refractivity contribution is 5.29. The molecule has 7 heteroatoms. The van der Waals surface area contributed by atoms with E-state index < -0.39 is 0 Å². The molecule has 1 saturated heterocycles. The molecule has 0 bridgehead atoms. The summed E-state index contributed by atoms with van der Waals surface area (Å²) in [4.78, 5) is 9.19. The first-order valence-corrected chi connectivity index (χ1v) is 9.10. The lowest BCUT2D eigenvalue weighted by atomic mass is 10.1. The van der Waals surface area contributed by atoms with E-state index in [0.717, 1.165) is 44.1 Å². The average Bonchev–Trinajstić information content (AvgIpc) is 3.12. The highest BCUT2D eigenvalue weighted by atomic mass is 19.1. The molecule has 1 aromatic heterocycles. The molecule has 1 aliphatic rings. The molecular formula is C19H27FN4O2. The number of benzene rings is 1. The van der Waals surface area contributed by atoms with E-state index in [1.807, 2.05) is 6.07 Å². The molecular weight excluding hydrogens is 335 g/mol. The van der Waals surface area contributed by atoms with Crippen LogP contribution >= 0.6 is 0 Å². The van der Waals surface area contributed by atoms with Gasteiger partial charge in [0.1, 0.15) is 0 Å². The standard InChI is InChI=1S/C19H27FN4O2/c1-13(2)18-21-19(26-22-18)14(3)24-9-7-23(8-10-24)12-15-5-6-17(25-4)16(20)11-15/h5-6,11,13-14H,7-10,12H2,1-4H3/t14-/m0/s1. The van der Waals surface area contributed by atoms with Crippen molar-refractivity contribution in [3.05, 3.63) is 41.3 Å². The summed E-state index contributed by atoms with van der Waals surface area (Å²) < 4.78 is 24.2. The maximum atomic E-state index is 13.8. The maximum absolute atomic E-state index is 13.8. The van der Waals surface area contributed by atoms with E-state index in [0.29, 0.717) is 5.89 Å². The molecule has 26 heavy (non-hydrogen) atoms. The molecule has 142 valence electrons. The molecule has 1 fully saturated rings. The van der Waals surface area contributed by atoms with Gasteiger partial charge in [-0.2, -0.15) is 4.98 Å². The quantitative estimate of drug-likeness (QED) is 0.786. The number of ether oxygens (including phenoxy) is 1. The van der Waals surface area contributed by atoms with Crippen molar-refractivity contribution < 1.29 is 13.7 Å². The van der Waals surface area contributed by atoms with Crippen molar-refractivity contribution in [3.8, 4) is 5.75 Å². The van der Waals surface area contributed by atoms with Crippen LogP contribution in [0.4, 0.5) is 4.39 Å². The van der Waals surface area contributed by atoms with Gasteiger partial charge in [0.2, 0.25) is 5.89 Å². The van der Waals surface area contributed by atoms with E-state index in [9.17, 15) is 4.39 Å². The Hall–Kier alpha value is -1.99. The van der Waals surface area contributed by atoms with Gasteiger partial charge in [-0.3, -0.25) is 9.80 Å². The van der Waals surface area contributed by atoms with Crippen LogP contribution in [0.3, 0.4) is 0 Å². The van der Waals surface area contributed by atoms with Crippen LogP contribution in [0, 0.1) is 5.82 Å². The van der Waals surface area contributed by atoms with Gasteiger partial charge in [-0.05, 0) is 24.6 Å². The number of nitrogens with zero attached hydrogens (tertiary/aromatic N) is 4. The van der Waals surface area contributed by atoms with Gasteiger partial charge in [0.05, 0.1) is 13.2 Å². The van der Waals surface area contributed by atoms with E-state index in [1.54, 1.807) is 12.1 Å². The number of halogens is 1. The number of aromatic nitrogens is 2. The van der Waals surface area contributed by atoms with Gasteiger partial charge in [0, 0.05) is 38.6 Å². The maximum Gasteiger partial charge on any atom is 0.243 e. The number of rotatable bonds is 6. The summed E-state index contributed by atoms with van der Waals surface area (Å²) in [5.74, 6) is 1.68. The summed E-state index contributed by atoms with van der Waals surface area (Å²) in [6.45, 7) is 10.6. The first-order chi connectivity index (χ1) is 12.5. The zero-order chi connectivity index (χ0) is 18.7. The molecule has 1 atom stereocenters. The van der Waals surface area contributed by atoms with E-state index >= 15 is 0 Å². The summed E-state index contributed by atoms with van der Waals surface area (Å²) in [6.07, 6.45) is 0. The Bertz CT molecular complexity index is 726. The van der Waals surface area contributed by atoms with Crippen molar-refractivity contribution in [3.63, 3.8) is 0 Å². The third-order valence-electron chi connectivity index (χ3n) is 4.91. The van der Waals surface area contributed by atoms with E-state index in [1.165, 1.54) is 7.11 Å². The van der Waals surface area contributed by atoms with Gasteiger partial charge in [0.25, 0.3) is 0 Å². The van der Waals surface area contributed by atoms with Crippen molar-refractivity contribution in [2.75, 3.05) is 33.3 Å². The average molecular weight is 362 g/mol. The van der Waals surface area contributed by atoms with Crippen LogP contribution < -0.4 is 4.74 Å². The minimum absolute atomic E-state index is 0.107. The summed E-state index contributed by atoms with van der Waals surface area (Å²) in [7, 11) is 1.48. The Kier molecular flexibility index (Phi) is 5.88. The monoisotopic (exact) mass is 362 g/mol. The van der Waals surface area contributed by atoms with Crippen LogP contribution in [0.25, 0.3) is 0 Å². The molecule has 1 aliphatic heterocycles. The van der Waals surface area contributed by atoms with Crippen LogP contribution in [0.5, 0.6) is 5.75 Å². The summed E-state index contributed by atoms with van der Waals surface area (Å²) in [5, 5.41) is 4.06. The van der Waals surface area contributed by atoms with E-state index in [-0.39, 0.29) is 23.5 Å². The Labute approximate surface area is 153 Å². The molecule has 1 aromatic carbocycles. The van der Waals surface area contributed by atoms with Crippen LogP contribution in [0.2, 0.25) is 0 Å². The summed E-state index contributed by atoms with van der Waals surface area (Å²) >= 11 is 0. The van der Waals surface area contributed by atoms with Gasteiger partial charge in [0.15, 0.2) is 17.4 Å². The minimum Gasteiger partial charge on any atom is -0.494 e. The highest BCUT2D eigenvalue weighted by Gasteiger charge is 2.26. The van der Waals surface area contributed by atoms with Crippen molar-refractivity contribution in [2.24, 2.45) is 0 Å². The lowest BCUT2D eigenvalue weighted by molar-refractivity contribution is 0.0844. The fourth-order valence-corrected chi connectivity index (χ4v) is 3.18. The fraction of sp³-hybridized carbons (Fsp3) is 0.579. The molecule has 6 nitrogen and oxygen atoms in total. The lowest BCUT2D eigenvalue weighted by Crippen LogP contribution is -2.46. The molecule has 3 rings (SSSR count). The topological polar surface area (TPSA) is 54.6 Å². The molecule has 0 saturated carbocycles. The van der Waals surface area contributed by atoms with Crippen LogP contribution in [-0.2, 0) is 6.54 Å². The SMILES string of the molecule is COc1ccc(CN2CCN([C@@H](C)c3nc(C(C)C)no3)CC2)cc1F. The molecule has 2 heterocycles. The zero-order valence-corrected chi connectivity index (χ0v) is 15.9. The van der Waals surface area contributed by atoms with Crippen molar-refractivity contribution in [1.82, 2.24) is 19.9 Å². The third-order valence-corrected chi connectivity index (χ3v) is 4.91. The zero-order valence-electron chi connectivity index (χ0n) is 15.9. The summed E-state index contributed by atoms with van der Waals surface area (Å²) in [5.41, 5.74) is 0.961. The number of hydrogen-bond acceptors (Lipinski definition) is 6. The minimum atomic E-state index is -0.311. The second-order valence-corrected chi connectivity index (χ2v) is 7.10. The molecule has 0 N–H and O–H groups in total. The van der Waals surface area contributed by atoms with Crippen molar-refractivity contribution in [1.29, 1.82) is 0 Å². The number of methoxy groups -OCH3 is 1. The van der Waals surface area contributed by atoms with Gasteiger partial charge < -0.3 is 9.26 Å². The summed E-state index contributed by atoms with van der Waals surface area (Å²) in [6, 6.07) is 5.27. The van der Waals surface area contributed by atoms with Crippen molar-refractivity contribution in [2.45, 2.75) is 39.3 Å². The highest BCUT2D eigenvalue weighted by Crippen LogP contribution is 2.23. The first kappa shape index (κ1) is 18.8. The lowest BCUT2D eigenvalue weighted by Gasteiger charge is -2.36. The van der Waals surface area contributed by atoms with Crippen LogP contribution in [0.1, 0.15) is 50.0 Å². The van der Waals surface area contributed by atoms with Gasteiger partial charge in [-0.25, -0.2) is 4.39 Å². The smallest absolute Gasteiger partial charge is 0.243 e. The largest absolute Gasteiger partial charge is 0.494 e. The molecule has 0 aliphatic carbocycles. The van der Waals surface area contributed by atoms with Gasteiger partial charge in [-0.15, -0.1) is 0 Å². The normalized spacial score (nSPS) is 17.6. The Morgan fingerprint density at radius 3 is 2.50 bits per heavy atom. The van der Waals surface area contributed by atoms with Crippen LogP contribution in [-0.4, -0.2) is 53.2 Å². The van der Waals surface area contributed by atoms with Gasteiger partial charge in [-0.1, -0.05) is 25.1 Å². The molecule has 2 aromatic rings. The third kappa shape index (κ3) is 4.22. The predicted octanol–water partition coefficient (Wildman–Crippen LogP) is 3.22. The van der Waals surface area contributed by atoms with Gasteiger partial charge >= 0.3 is 0 Å². The van der Waals surface area contributed by atoms with E-state index in [2.05, 4.69) is 40.7 Å². The molecule has 0 unspecified atom stereocenters. The second-order valence-electron chi connectivity index (χ2n) is 7.10. The molecule has 0 spiro atoms. The number of piperazine rings is 1. The number of hydrogen-bond donors (Lipinski definition) is 0. The Balaban J connectivity index is 1.54.